The lowest BCUT2D eigenvalue weighted by Gasteiger charge is -2.34. The number of hydrogen-bond acceptors (Lipinski definition) is 2. The molecule has 0 radical (unpaired) electrons. The van der Waals surface area contributed by atoms with Crippen LogP contribution in [0.2, 0.25) is 0 Å². The van der Waals surface area contributed by atoms with Crippen LogP contribution in [-0.4, -0.2) is 0 Å². The van der Waals surface area contributed by atoms with Gasteiger partial charge in [-0.05, 0) is 115 Å². The van der Waals surface area contributed by atoms with Gasteiger partial charge >= 0.3 is 0 Å². The minimum atomic E-state index is -0.524. The predicted octanol–water partition coefficient (Wildman–Crippen LogP) is 18.0. The Bertz CT molecular complexity index is 3750. The molecule has 0 aliphatic heterocycles. The molecule has 0 bridgehead atoms. The molecule has 1 aliphatic rings. The summed E-state index contributed by atoms with van der Waals surface area (Å²) in [7, 11) is 0. The summed E-state index contributed by atoms with van der Waals surface area (Å²) < 4.78 is 2.61. The van der Waals surface area contributed by atoms with Gasteiger partial charge in [0.1, 0.15) is 0 Å². The van der Waals surface area contributed by atoms with Crippen LogP contribution in [0.25, 0.3) is 75.5 Å². The van der Waals surface area contributed by atoms with Crippen LogP contribution in [0.5, 0.6) is 0 Å². The summed E-state index contributed by atoms with van der Waals surface area (Å²) in [6.07, 6.45) is 0. The van der Waals surface area contributed by atoms with Crippen molar-refractivity contribution in [3.8, 4) is 44.5 Å². The summed E-state index contributed by atoms with van der Waals surface area (Å²) in [5.41, 5.74) is 17.6. The van der Waals surface area contributed by atoms with E-state index in [0.29, 0.717) is 0 Å². The van der Waals surface area contributed by atoms with Gasteiger partial charge in [0, 0.05) is 37.0 Å². The van der Waals surface area contributed by atoms with Gasteiger partial charge in [0.15, 0.2) is 0 Å². The quantitative estimate of drug-likeness (QED) is 0.147. The molecule has 1 aromatic heterocycles. The van der Waals surface area contributed by atoms with E-state index in [1.807, 2.05) is 11.3 Å². The van der Waals surface area contributed by atoms with Gasteiger partial charge in [-0.1, -0.05) is 212 Å². The number of para-hydroxylation sites is 1. The van der Waals surface area contributed by atoms with E-state index in [9.17, 15) is 0 Å². The first-order valence-corrected chi connectivity index (χ1v) is 23.9. The molecule has 0 spiro atoms. The molecular formula is C65H43NS. The van der Waals surface area contributed by atoms with Crippen LogP contribution in [-0.2, 0) is 5.41 Å². The lowest BCUT2D eigenvalue weighted by Crippen LogP contribution is -2.28. The van der Waals surface area contributed by atoms with Crippen LogP contribution in [0.4, 0.5) is 17.1 Å². The number of fused-ring (bicyclic) bond motifs is 7. The summed E-state index contributed by atoms with van der Waals surface area (Å²) in [4.78, 5) is 2.51. The second kappa shape index (κ2) is 16.0. The van der Waals surface area contributed by atoms with Gasteiger partial charge in [-0.3, -0.25) is 0 Å². The topological polar surface area (TPSA) is 3.24 Å². The Morgan fingerprint density at radius 1 is 0.313 bits per heavy atom. The first kappa shape index (κ1) is 39.1. The minimum absolute atomic E-state index is 0.524. The van der Waals surface area contributed by atoms with Crippen molar-refractivity contribution in [1.29, 1.82) is 0 Å². The van der Waals surface area contributed by atoms with Crippen molar-refractivity contribution in [3.63, 3.8) is 0 Å². The molecule has 0 amide bonds. The first-order valence-electron chi connectivity index (χ1n) is 23.1. The van der Waals surface area contributed by atoms with Crippen LogP contribution >= 0.6 is 11.3 Å². The lowest BCUT2D eigenvalue weighted by atomic mass is 9.68. The van der Waals surface area contributed by atoms with E-state index in [0.717, 1.165) is 17.1 Å². The van der Waals surface area contributed by atoms with Crippen molar-refractivity contribution in [1.82, 2.24) is 0 Å². The molecule has 0 saturated carbocycles. The fraction of sp³-hybridized carbons (Fsp3) is 0.0154. The van der Waals surface area contributed by atoms with Crippen molar-refractivity contribution in [2.75, 3.05) is 4.90 Å². The highest BCUT2D eigenvalue weighted by Crippen LogP contribution is 2.60. The highest BCUT2D eigenvalue weighted by molar-refractivity contribution is 7.25. The van der Waals surface area contributed by atoms with E-state index in [-0.39, 0.29) is 0 Å². The lowest BCUT2D eigenvalue weighted by molar-refractivity contribution is 0.768. The molecule has 0 saturated heterocycles. The molecule has 12 aromatic rings. The minimum Gasteiger partial charge on any atom is -0.309 e. The van der Waals surface area contributed by atoms with Crippen LogP contribution in [0, 0.1) is 0 Å². The van der Waals surface area contributed by atoms with Crippen molar-refractivity contribution in [2.24, 2.45) is 0 Å². The molecule has 0 N–H and O–H groups in total. The van der Waals surface area contributed by atoms with Crippen molar-refractivity contribution < 1.29 is 0 Å². The zero-order valence-corrected chi connectivity index (χ0v) is 37.5. The predicted molar refractivity (Wildman–Crippen MR) is 285 cm³/mol. The van der Waals surface area contributed by atoms with E-state index >= 15 is 0 Å². The standard InChI is InChI=1S/C65H43NS/c1-3-18-51(19-4-1)65(52-20-5-2-6-21-52)58-25-12-9-24-56(58)64-59(65)26-15-28-61(64)66(60-27-13-10-22-54(60)50-38-41-63-57(43-50)55-23-11-14-29-62(55)67-63)53-39-36-46(37-40-53)45-30-32-47(33-31-45)49-35-34-44-16-7-8-17-48(44)42-49/h1-43H. The second-order valence-electron chi connectivity index (χ2n) is 17.6. The maximum Gasteiger partial charge on any atom is 0.0714 e. The molecule has 2 heteroatoms. The molecule has 67 heavy (non-hydrogen) atoms. The van der Waals surface area contributed by atoms with E-state index in [1.165, 1.54) is 97.7 Å². The maximum absolute atomic E-state index is 2.51. The molecule has 0 unspecified atom stereocenters. The van der Waals surface area contributed by atoms with Gasteiger partial charge in [0.05, 0.1) is 16.8 Å². The second-order valence-corrected chi connectivity index (χ2v) is 18.7. The number of rotatable bonds is 8. The fourth-order valence-electron chi connectivity index (χ4n) is 10.9. The first-order chi connectivity index (χ1) is 33.2. The molecule has 1 nitrogen and oxygen atoms in total. The van der Waals surface area contributed by atoms with Gasteiger partial charge in [0.2, 0.25) is 0 Å². The van der Waals surface area contributed by atoms with Crippen molar-refractivity contribution in [3.05, 3.63) is 283 Å². The molecule has 1 heterocycles. The smallest absolute Gasteiger partial charge is 0.0714 e. The highest BCUT2D eigenvalue weighted by atomic mass is 32.1. The highest BCUT2D eigenvalue weighted by Gasteiger charge is 2.47. The molecule has 1 aliphatic carbocycles. The van der Waals surface area contributed by atoms with Gasteiger partial charge in [-0.25, -0.2) is 0 Å². The molecule has 0 fully saturated rings. The third-order valence-electron chi connectivity index (χ3n) is 14.0. The Labute approximate surface area is 395 Å². The molecular weight excluding hydrogens is 827 g/mol. The van der Waals surface area contributed by atoms with E-state index < -0.39 is 5.41 Å². The summed E-state index contributed by atoms with van der Waals surface area (Å²) in [5.74, 6) is 0. The van der Waals surface area contributed by atoms with Crippen LogP contribution in [0.15, 0.2) is 261 Å². The van der Waals surface area contributed by atoms with E-state index in [4.69, 9.17) is 0 Å². The van der Waals surface area contributed by atoms with E-state index in [1.54, 1.807) is 0 Å². The third-order valence-corrected chi connectivity index (χ3v) is 15.1. The normalized spacial score (nSPS) is 12.6. The summed E-state index contributed by atoms with van der Waals surface area (Å²) in [6.45, 7) is 0. The summed E-state index contributed by atoms with van der Waals surface area (Å²) in [6, 6.07) is 96.4. The van der Waals surface area contributed by atoms with Gasteiger partial charge in [-0.15, -0.1) is 11.3 Å². The van der Waals surface area contributed by atoms with Gasteiger partial charge in [0.25, 0.3) is 0 Å². The number of nitrogens with zero attached hydrogens (tertiary/aromatic N) is 1. The Hall–Kier alpha value is -8.30. The number of benzene rings is 11. The summed E-state index contributed by atoms with van der Waals surface area (Å²) in [5, 5.41) is 5.11. The van der Waals surface area contributed by atoms with Gasteiger partial charge < -0.3 is 4.90 Å². The van der Waals surface area contributed by atoms with Gasteiger partial charge in [-0.2, -0.15) is 0 Å². The fourth-order valence-corrected chi connectivity index (χ4v) is 12.0. The molecule has 13 rings (SSSR count). The molecule has 314 valence electrons. The average Bonchev–Trinajstić information content (AvgIpc) is 3.93. The number of anilines is 3. The average molecular weight is 870 g/mol. The van der Waals surface area contributed by atoms with Crippen molar-refractivity contribution in [2.45, 2.75) is 5.41 Å². The van der Waals surface area contributed by atoms with E-state index in [2.05, 4.69) is 266 Å². The zero-order valence-electron chi connectivity index (χ0n) is 36.7. The molecule has 0 atom stereocenters. The van der Waals surface area contributed by atoms with Crippen molar-refractivity contribution >= 4 is 59.3 Å². The van der Waals surface area contributed by atoms with Crippen LogP contribution < -0.4 is 4.90 Å². The monoisotopic (exact) mass is 869 g/mol. The van der Waals surface area contributed by atoms with Crippen LogP contribution in [0.3, 0.4) is 0 Å². The Morgan fingerprint density at radius 3 is 1.61 bits per heavy atom. The zero-order chi connectivity index (χ0) is 44.3. The number of hydrogen-bond donors (Lipinski definition) is 0. The Morgan fingerprint density at radius 2 is 0.851 bits per heavy atom. The third kappa shape index (κ3) is 6.37. The Kier molecular flexibility index (Phi) is 9.33. The summed E-state index contributed by atoms with van der Waals surface area (Å²) >= 11 is 1.86. The largest absolute Gasteiger partial charge is 0.309 e. The maximum atomic E-state index is 2.51. The van der Waals surface area contributed by atoms with Crippen LogP contribution in [0.1, 0.15) is 22.3 Å². The SMILES string of the molecule is c1ccc(C2(c3ccccc3)c3ccccc3-c3c(N(c4ccc(-c5ccc(-c6ccc7ccccc7c6)cc5)cc4)c4ccccc4-c4ccc5sc6ccccc6c5c4)cccc32)cc1. The number of thiophene rings is 1. The Balaban J connectivity index is 1.00. The molecule has 11 aromatic carbocycles.